The molecule has 0 aliphatic heterocycles. The zero-order valence-electron chi connectivity index (χ0n) is 26.9. The van der Waals surface area contributed by atoms with Gasteiger partial charge in [0, 0.05) is 24.6 Å². The van der Waals surface area contributed by atoms with E-state index in [1.54, 1.807) is 39.0 Å². The van der Waals surface area contributed by atoms with Gasteiger partial charge in [0.1, 0.15) is 41.7 Å². The van der Waals surface area contributed by atoms with Gasteiger partial charge >= 0.3 is 6.09 Å². The third kappa shape index (κ3) is 8.29. The molecule has 6 aromatic rings. The lowest BCUT2D eigenvalue weighted by Crippen LogP contribution is -2.27. The minimum Gasteiger partial charge on any atom is -0.489 e. The average Bonchev–Trinajstić information content (AvgIpc) is 3.65. The molecule has 6 rings (SSSR count). The fraction of sp³-hybridized carbons (Fsp3) is 0.216. The molecule has 0 spiro atoms. The molecule has 4 aromatic carbocycles. The van der Waals surface area contributed by atoms with E-state index in [-0.39, 0.29) is 17.3 Å². The highest BCUT2D eigenvalue weighted by Gasteiger charge is 2.23. The molecule has 2 heterocycles. The van der Waals surface area contributed by atoms with Crippen LogP contribution in [0.4, 0.5) is 4.79 Å². The van der Waals surface area contributed by atoms with Gasteiger partial charge in [-0.2, -0.15) is 14.9 Å². The van der Waals surface area contributed by atoms with E-state index in [1.807, 2.05) is 78.9 Å². The van der Waals surface area contributed by atoms with E-state index in [9.17, 15) is 14.4 Å². The highest BCUT2D eigenvalue weighted by atomic mass is 16.6. The van der Waals surface area contributed by atoms with E-state index in [0.717, 1.165) is 32.5 Å². The number of H-pyrrole nitrogens is 1. The molecule has 0 unspecified atom stereocenters. The molecule has 0 bridgehead atoms. The van der Waals surface area contributed by atoms with Crippen molar-refractivity contribution < 1.29 is 28.6 Å². The van der Waals surface area contributed by atoms with Crippen molar-refractivity contribution in [1.29, 1.82) is 0 Å². The first-order valence-corrected chi connectivity index (χ1v) is 15.1. The van der Waals surface area contributed by atoms with Gasteiger partial charge in [-0.25, -0.2) is 4.79 Å². The molecule has 47 heavy (non-hydrogen) atoms. The lowest BCUT2D eigenvalue weighted by Gasteiger charge is -2.19. The fourth-order valence-corrected chi connectivity index (χ4v) is 4.72. The smallest absolute Gasteiger partial charge is 0.435 e. The minimum atomic E-state index is -0.662. The largest absolute Gasteiger partial charge is 0.489 e. The number of ether oxygens (including phenoxy) is 3. The van der Waals surface area contributed by atoms with Gasteiger partial charge in [0.15, 0.2) is 11.6 Å². The summed E-state index contributed by atoms with van der Waals surface area (Å²) in [6, 6.07) is 30.5. The van der Waals surface area contributed by atoms with Gasteiger partial charge in [0.05, 0.1) is 11.0 Å². The van der Waals surface area contributed by atoms with Gasteiger partial charge < -0.3 is 14.2 Å². The first-order chi connectivity index (χ1) is 22.5. The summed E-state index contributed by atoms with van der Waals surface area (Å²) in [5.41, 5.74) is 3.47. The second-order valence-corrected chi connectivity index (χ2v) is 11.9. The van der Waals surface area contributed by atoms with Crippen molar-refractivity contribution in [3.05, 3.63) is 120 Å². The van der Waals surface area contributed by atoms with Crippen molar-refractivity contribution in [2.24, 2.45) is 0 Å². The predicted octanol–water partition coefficient (Wildman–Crippen LogP) is 7.95. The molecule has 10 heteroatoms. The summed E-state index contributed by atoms with van der Waals surface area (Å²) in [6.45, 7) is 9.15. The minimum absolute atomic E-state index is 0.0588. The first kappa shape index (κ1) is 32.6. The van der Waals surface area contributed by atoms with Crippen molar-refractivity contribution in [3.63, 3.8) is 0 Å². The van der Waals surface area contributed by atoms with Gasteiger partial charge in [-0.15, -0.1) is 0 Å². The Kier molecular flexibility index (Phi) is 9.80. The highest BCUT2D eigenvalue weighted by Crippen LogP contribution is 2.26. The summed E-state index contributed by atoms with van der Waals surface area (Å²) in [7, 11) is 0. The van der Waals surface area contributed by atoms with Crippen LogP contribution in [-0.2, 0) is 18.0 Å². The number of nitrogens with zero attached hydrogens (tertiary/aromatic N) is 3. The van der Waals surface area contributed by atoms with Crippen molar-refractivity contribution >= 4 is 39.5 Å². The summed E-state index contributed by atoms with van der Waals surface area (Å²) >= 11 is 0. The van der Waals surface area contributed by atoms with Crippen LogP contribution in [0, 0.1) is 0 Å². The maximum atomic E-state index is 12.4. The van der Waals surface area contributed by atoms with Crippen LogP contribution in [-0.4, -0.2) is 43.2 Å². The lowest BCUT2D eigenvalue weighted by atomic mass is 10.1. The van der Waals surface area contributed by atoms with Crippen molar-refractivity contribution in [2.45, 2.75) is 53.4 Å². The van der Waals surface area contributed by atoms with E-state index in [4.69, 9.17) is 14.2 Å². The third-order valence-electron chi connectivity index (χ3n) is 6.92. The molecule has 1 N–H and O–H groups in total. The second-order valence-electron chi connectivity index (χ2n) is 11.9. The maximum Gasteiger partial charge on any atom is 0.435 e. The number of aromatic amines is 1. The number of Topliss-reactive ketones (excluding diaryl/α,β-unsaturated/α-hetero) is 2. The van der Waals surface area contributed by atoms with E-state index in [1.165, 1.54) is 13.8 Å². The zero-order valence-corrected chi connectivity index (χ0v) is 26.9. The Labute approximate surface area is 272 Å². The standard InChI is InChI=1S/C21H22N2O4.C16H14N2O2/c1-14(24)19-17-12-16(26-13-15-8-6-5-7-9-15)10-11-18(17)23(22-19)20(25)27-21(2,3)4;1-11(19)16-14-9-13(7-8-15(14)17-18-16)20-10-12-5-3-2-4-6-12/h5-12H,13H2,1-4H3;2-9H,10H2,1H3,(H,17,18). The molecular weight excluding hydrogens is 596 g/mol. The van der Waals surface area contributed by atoms with Crippen LogP contribution in [0.1, 0.15) is 66.7 Å². The number of carbonyl (C=O) groups is 3. The number of hydrogen-bond acceptors (Lipinski definition) is 8. The van der Waals surface area contributed by atoms with Gasteiger partial charge in [-0.3, -0.25) is 14.7 Å². The number of aromatic nitrogens is 4. The summed E-state index contributed by atoms with van der Waals surface area (Å²) in [5.74, 6) is 1.03. The Hall–Kier alpha value is -5.77. The van der Waals surface area contributed by atoms with Gasteiger partial charge in [-0.05, 0) is 68.3 Å². The van der Waals surface area contributed by atoms with E-state index in [0.29, 0.717) is 35.6 Å². The molecule has 0 fully saturated rings. The molecule has 0 radical (unpaired) electrons. The van der Waals surface area contributed by atoms with E-state index >= 15 is 0 Å². The van der Waals surface area contributed by atoms with Crippen LogP contribution < -0.4 is 9.47 Å². The monoisotopic (exact) mass is 632 g/mol. The summed E-state index contributed by atoms with van der Waals surface area (Å²) in [4.78, 5) is 35.9. The number of nitrogens with one attached hydrogen (secondary N) is 1. The summed E-state index contributed by atoms with van der Waals surface area (Å²) in [6.07, 6.45) is -0.627. The average molecular weight is 633 g/mol. The molecule has 0 amide bonds. The van der Waals surface area contributed by atoms with Gasteiger partial charge in [0.2, 0.25) is 0 Å². The molecule has 2 aromatic heterocycles. The topological polar surface area (TPSA) is 125 Å². The number of carbonyl (C=O) groups excluding carboxylic acids is 3. The quantitative estimate of drug-likeness (QED) is 0.168. The number of hydrogen-bond donors (Lipinski definition) is 1. The molecule has 0 atom stereocenters. The van der Waals surface area contributed by atoms with Crippen molar-refractivity contribution in [1.82, 2.24) is 20.0 Å². The number of ketones is 2. The summed E-state index contributed by atoms with van der Waals surface area (Å²) in [5, 5.41) is 12.4. The predicted molar refractivity (Wildman–Crippen MR) is 179 cm³/mol. The number of rotatable bonds is 8. The van der Waals surface area contributed by atoms with E-state index in [2.05, 4.69) is 15.3 Å². The van der Waals surface area contributed by atoms with Crippen molar-refractivity contribution in [2.75, 3.05) is 0 Å². The van der Waals surface area contributed by atoms with Crippen LogP contribution in [0.3, 0.4) is 0 Å². The zero-order chi connectivity index (χ0) is 33.6. The number of benzene rings is 4. The Morgan fingerprint density at radius 2 is 1.23 bits per heavy atom. The van der Waals surface area contributed by atoms with Crippen molar-refractivity contribution in [3.8, 4) is 11.5 Å². The Morgan fingerprint density at radius 1 is 0.702 bits per heavy atom. The summed E-state index contributed by atoms with van der Waals surface area (Å²) < 4.78 is 18.1. The molecule has 0 aliphatic rings. The third-order valence-corrected chi connectivity index (χ3v) is 6.92. The first-order valence-electron chi connectivity index (χ1n) is 15.1. The van der Waals surface area contributed by atoms with Crippen LogP contribution in [0.25, 0.3) is 21.8 Å². The van der Waals surface area contributed by atoms with Crippen LogP contribution in [0.2, 0.25) is 0 Å². The normalized spacial score (nSPS) is 11.1. The molecule has 10 nitrogen and oxygen atoms in total. The molecule has 240 valence electrons. The van der Waals surface area contributed by atoms with Crippen LogP contribution >= 0.6 is 0 Å². The molecule has 0 saturated heterocycles. The highest BCUT2D eigenvalue weighted by molar-refractivity contribution is 6.07. The molecule has 0 aliphatic carbocycles. The second kappa shape index (κ2) is 14.1. The maximum absolute atomic E-state index is 12.4. The molecular formula is C37H36N4O6. The SMILES string of the molecule is CC(=O)c1n[nH]c2ccc(OCc3ccccc3)cc12.CC(=O)c1nn(C(=O)OC(C)(C)C)c2ccc(OCc3ccccc3)cc12. The van der Waals surface area contributed by atoms with Gasteiger partial charge in [-0.1, -0.05) is 60.7 Å². The fourth-order valence-electron chi connectivity index (χ4n) is 4.72. The molecule has 0 saturated carbocycles. The Morgan fingerprint density at radius 3 is 1.77 bits per heavy atom. The van der Waals surface area contributed by atoms with Gasteiger partial charge in [0.25, 0.3) is 0 Å². The van der Waals surface area contributed by atoms with E-state index < -0.39 is 11.7 Å². The van der Waals surface area contributed by atoms with Crippen LogP contribution in [0.15, 0.2) is 97.1 Å². The van der Waals surface area contributed by atoms with Crippen LogP contribution in [0.5, 0.6) is 11.5 Å². The number of fused-ring (bicyclic) bond motifs is 2. The lowest BCUT2D eigenvalue weighted by molar-refractivity contribution is 0.0522. The Balaban J connectivity index is 0.000000193. The Bertz CT molecular complexity index is 2020.